The summed E-state index contributed by atoms with van der Waals surface area (Å²) in [4.78, 5) is 34.8. The summed E-state index contributed by atoms with van der Waals surface area (Å²) < 4.78 is 4.94. The molecule has 0 aliphatic heterocycles. The maximum absolute atomic E-state index is 12.3. The smallest absolute Gasteiger partial charge is 0.349 e. The van der Waals surface area contributed by atoms with Gasteiger partial charge >= 0.3 is 11.9 Å². The Morgan fingerprint density at radius 2 is 1.62 bits per heavy atom. The van der Waals surface area contributed by atoms with Gasteiger partial charge in [-0.3, -0.25) is 0 Å². The van der Waals surface area contributed by atoms with Gasteiger partial charge in [0.15, 0.2) is 5.75 Å². The number of carbonyl (C=O) groups excluding carboxylic acids is 2. The highest BCUT2D eigenvalue weighted by Gasteiger charge is 2.21. The minimum absolute atomic E-state index is 0.114. The van der Waals surface area contributed by atoms with E-state index in [1.54, 1.807) is 36.4 Å². The first kappa shape index (κ1) is 17.7. The molecule has 5 nitrogen and oxygen atoms in total. The van der Waals surface area contributed by atoms with E-state index in [0.29, 0.717) is 5.56 Å². The van der Waals surface area contributed by atoms with Crippen LogP contribution in [0, 0.1) is 6.92 Å². The molecule has 0 aliphatic rings. The lowest BCUT2D eigenvalue weighted by Gasteiger charge is -2.18. The molecule has 0 atom stereocenters. The molecule has 0 aliphatic carbocycles. The van der Waals surface area contributed by atoms with Crippen LogP contribution in [0.4, 0.5) is 0 Å². The van der Waals surface area contributed by atoms with Crippen molar-refractivity contribution >= 4 is 11.9 Å². The summed E-state index contributed by atoms with van der Waals surface area (Å²) in [5, 5.41) is 0. The van der Waals surface area contributed by atoms with Crippen molar-refractivity contribution in [3.05, 3.63) is 65.2 Å². The monoisotopic (exact) mass is 328 g/mol. The van der Waals surface area contributed by atoms with Crippen LogP contribution in [0.2, 0.25) is 0 Å². The Morgan fingerprint density at radius 3 is 2.29 bits per heavy atom. The zero-order valence-electron chi connectivity index (χ0n) is 14.2. The Kier molecular flexibility index (Phi) is 5.36. The van der Waals surface area contributed by atoms with Crippen molar-refractivity contribution in [3.8, 4) is 5.75 Å². The fourth-order valence-electron chi connectivity index (χ4n) is 1.85. The quantitative estimate of drug-likeness (QED) is 0.366. The van der Waals surface area contributed by atoms with E-state index in [1.165, 1.54) is 6.07 Å². The summed E-state index contributed by atoms with van der Waals surface area (Å²) in [6.07, 6.45) is 0. The van der Waals surface area contributed by atoms with Crippen LogP contribution >= 0.6 is 0 Å². The summed E-state index contributed by atoms with van der Waals surface area (Å²) >= 11 is 0. The molecule has 24 heavy (non-hydrogen) atoms. The van der Waals surface area contributed by atoms with E-state index in [9.17, 15) is 9.59 Å². The number of rotatable bonds is 4. The molecule has 0 amide bonds. The summed E-state index contributed by atoms with van der Waals surface area (Å²) in [6.45, 7) is 7.30. The molecule has 0 aromatic heterocycles. The number of hydrogen-bond donors (Lipinski definition) is 0. The molecule has 0 N–H and O–H groups in total. The fraction of sp³-hybridized carbons (Fsp3) is 0.263. The average Bonchev–Trinajstić information content (AvgIpc) is 2.52. The highest BCUT2D eigenvalue weighted by molar-refractivity contribution is 6.03. The second-order valence-corrected chi connectivity index (χ2v) is 6.32. The first-order valence-electron chi connectivity index (χ1n) is 7.54. The molecule has 0 unspecified atom stereocenters. The largest absolute Gasteiger partial charge is 0.386 e. The third kappa shape index (κ3) is 4.93. The van der Waals surface area contributed by atoms with E-state index in [2.05, 4.69) is 0 Å². The molecule has 0 fully saturated rings. The molecular weight excluding hydrogens is 308 g/mol. The predicted molar refractivity (Wildman–Crippen MR) is 88.8 cm³/mol. The van der Waals surface area contributed by atoms with E-state index in [0.717, 1.165) is 5.56 Å². The van der Waals surface area contributed by atoms with Crippen LogP contribution in [-0.2, 0) is 9.62 Å². The van der Waals surface area contributed by atoms with Crippen LogP contribution in [0.25, 0.3) is 0 Å². The van der Waals surface area contributed by atoms with Gasteiger partial charge in [-0.1, -0.05) is 29.8 Å². The summed E-state index contributed by atoms with van der Waals surface area (Å²) in [5.74, 6) is -1.32. The van der Waals surface area contributed by atoms with Crippen LogP contribution in [-0.4, -0.2) is 17.5 Å². The van der Waals surface area contributed by atoms with Crippen molar-refractivity contribution in [2.75, 3.05) is 0 Å². The molecule has 0 heterocycles. The standard InChI is InChI=1S/C19H20O5/c1-13-8-7-9-14(12-13)17(20)22-18(21)15-10-5-6-11-16(15)23-24-19(2,3)4/h5-12H,1-4H3. The van der Waals surface area contributed by atoms with Crippen molar-refractivity contribution in [1.82, 2.24) is 0 Å². The van der Waals surface area contributed by atoms with Gasteiger partial charge in [0, 0.05) is 0 Å². The van der Waals surface area contributed by atoms with Crippen molar-refractivity contribution in [2.45, 2.75) is 33.3 Å². The van der Waals surface area contributed by atoms with Gasteiger partial charge in [0.1, 0.15) is 11.2 Å². The molecule has 0 bridgehead atoms. The lowest BCUT2D eigenvalue weighted by Crippen LogP contribution is -2.22. The number of para-hydroxylation sites is 1. The highest BCUT2D eigenvalue weighted by atomic mass is 17.2. The minimum atomic E-state index is -0.797. The van der Waals surface area contributed by atoms with Crippen LogP contribution in [0.1, 0.15) is 47.1 Å². The second-order valence-electron chi connectivity index (χ2n) is 6.32. The first-order valence-corrected chi connectivity index (χ1v) is 7.54. The number of aryl methyl sites for hydroxylation is 1. The molecule has 5 heteroatoms. The van der Waals surface area contributed by atoms with Crippen LogP contribution in [0.3, 0.4) is 0 Å². The summed E-state index contributed by atoms with van der Waals surface area (Å²) in [5.41, 5.74) is 0.781. The number of carbonyl (C=O) groups is 2. The molecule has 2 aromatic rings. The Bertz CT molecular complexity index is 743. The van der Waals surface area contributed by atoms with Gasteiger partial charge in [-0.25, -0.2) is 9.59 Å². The Hall–Kier alpha value is -2.66. The SMILES string of the molecule is Cc1cccc(C(=O)OC(=O)c2ccccc2OOC(C)(C)C)c1. The zero-order valence-corrected chi connectivity index (χ0v) is 14.2. The maximum atomic E-state index is 12.3. The lowest BCUT2D eigenvalue weighted by atomic mass is 10.1. The number of benzene rings is 2. The number of esters is 2. The van der Waals surface area contributed by atoms with Crippen LogP contribution in [0.15, 0.2) is 48.5 Å². The van der Waals surface area contributed by atoms with Crippen molar-refractivity contribution in [3.63, 3.8) is 0 Å². The van der Waals surface area contributed by atoms with Gasteiger partial charge in [-0.2, -0.15) is 4.89 Å². The normalized spacial score (nSPS) is 11.0. The van der Waals surface area contributed by atoms with Crippen molar-refractivity contribution < 1.29 is 24.1 Å². The minimum Gasteiger partial charge on any atom is -0.386 e. The molecule has 0 radical (unpaired) electrons. The van der Waals surface area contributed by atoms with Gasteiger partial charge in [-0.05, 0) is 52.0 Å². The van der Waals surface area contributed by atoms with E-state index in [4.69, 9.17) is 14.5 Å². The topological polar surface area (TPSA) is 61.8 Å². The van der Waals surface area contributed by atoms with E-state index >= 15 is 0 Å². The highest BCUT2D eigenvalue weighted by Crippen LogP contribution is 2.22. The summed E-state index contributed by atoms with van der Waals surface area (Å²) in [6, 6.07) is 13.2. The van der Waals surface area contributed by atoms with E-state index in [-0.39, 0.29) is 11.3 Å². The third-order valence-corrected chi connectivity index (χ3v) is 2.93. The summed E-state index contributed by atoms with van der Waals surface area (Å²) in [7, 11) is 0. The van der Waals surface area contributed by atoms with Gasteiger partial charge in [0.05, 0.1) is 5.56 Å². The van der Waals surface area contributed by atoms with Crippen LogP contribution < -0.4 is 4.89 Å². The predicted octanol–water partition coefficient (Wildman–Crippen LogP) is 4.10. The Balaban J connectivity index is 2.13. The average molecular weight is 328 g/mol. The lowest BCUT2D eigenvalue weighted by molar-refractivity contribution is -0.274. The molecule has 2 rings (SSSR count). The van der Waals surface area contributed by atoms with Crippen molar-refractivity contribution in [1.29, 1.82) is 0 Å². The van der Waals surface area contributed by atoms with Gasteiger partial charge < -0.3 is 9.62 Å². The third-order valence-electron chi connectivity index (χ3n) is 2.93. The molecule has 126 valence electrons. The molecule has 0 spiro atoms. The molecule has 0 saturated heterocycles. The molecule has 0 saturated carbocycles. The number of hydrogen-bond acceptors (Lipinski definition) is 5. The van der Waals surface area contributed by atoms with E-state index in [1.807, 2.05) is 33.8 Å². The van der Waals surface area contributed by atoms with E-state index < -0.39 is 17.5 Å². The van der Waals surface area contributed by atoms with Crippen molar-refractivity contribution in [2.24, 2.45) is 0 Å². The molecule has 2 aromatic carbocycles. The Morgan fingerprint density at radius 1 is 0.917 bits per heavy atom. The maximum Gasteiger partial charge on any atom is 0.349 e. The number of ether oxygens (including phenoxy) is 1. The van der Waals surface area contributed by atoms with Gasteiger partial charge in [0.25, 0.3) is 0 Å². The zero-order chi connectivity index (χ0) is 17.7. The Labute approximate surface area is 141 Å². The molecular formula is C19H20O5. The van der Waals surface area contributed by atoms with Gasteiger partial charge in [0.2, 0.25) is 0 Å². The fourth-order valence-corrected chi connectivity index (χ4v) is 1.85. The van der Waals surface area contributed by atoms with Crippen LogP contribution in [0.5, 0.6) is 5.75 Å². The van der Waals surface area contributed by atoms with Gasteiger partial charge in [-0.15, -0.1) is 0 Å². The second kappa shape index (κ2) is 7.27. The first-order chi connectivity index (χ1) is 11.3.